The van der Waals surface area contributed by atoms with Gasteiger partial charge in [0.2, 0.25) is 0 Å². The molecule has 0 bridgehead atoms. The van der Waals surface area contributed by atoms with E-state index in [2.05, 4.69) is 10.2 Å². The van der Waals surface area contributed by atoms with Crippen molar-refractivity contribution in [3.8, 4) is 0 Å². The van der Waals surface area contributed by atoms with Crippen LogP contribution < -0.4 is 0 Å². The lowest BCUT2D eigenvalue weighted by Crippen LogP contribution is -2.08. The summed E-state index contributed by atoms with van der Waals surface area (Å²) in [5.74, 6) is 0. The van der Waals surface area contributed by atoms with E-state index in [9.17, 15) is 18.3 Å². The van der Waals surface area contributed by atoms with Gasteiger partial charge in [-0.15, -0.1) is 0 Å². The van der Waals surface area contributed by atoms with Gasteiger partial charge in [-0.05, 0) is 37.6 Å². The third kappa shape index (κ3) is 3.78. The smallest absolute Gasteiger partial charge is 0.388 e. The minimum atomic E-state index is -4.35. The maximum Gasteiger partial charge on any atom is 0.416 e. The van der Waals surface area contributed by atoms with Gasteiger partial charge in [-0.1, -0.05) is 12.1 Å². The van der Waals surface area contributed by atoms with E-state index in [1.807, 2.05) is 0 Å². The molecular weight excluding hydrogens is 281 g/mol. The van der Waals surface area contributed by atoms with Crippen LogP contribution in [-0.2, 0) is 12.6 Å². The zero-order valence-electron chi connectivity index (χ0n) is 11.6. The van der Waals surface area contributed by atoms with E-state index in [1.165, 1.54) is 12.1 Å². The zero-order chi connectivity index (χ0) is 15.6. The van der Waals surface area contributed by atoms with Gasteiger partial charge in [0.1, 0.15) is 0 Å². The fraction of sp³-hybridized carbons (Fsp3) is 0.333. The third-order valence-electron chi connectivity index (χ3n) is 3.21. The number of benzene rings is 1. The number of hydrogen-bond acceptors (Lipinski definition) is 3. The molecule has 0 aliphatic rings. The number of rotatable bonds is 3. The van der Waals surface area contributed by atoms with Gasteiger partial charge in [0, 0.05) is 12.0 Å². The van der Waals surface area contributed by atoms with Gasteiger partial charge in [0.15, 0.2) is 0 Å². The molecule has 0 spiro atoms. The number of halogens is 3. The first kappa shape index (κ1) is 15.4. The van der Waals surface area contributed by atoms with E-state index < -0.39 is 17.8 Å². The maximum absolute atomic E-state index is 12.5. The second kappa shape index (κ2) is 5.81. The van der Waals surface area contributed by atoms with Gasteiger partial charge < -0.3 is 5.11 Å². The Bertz CT molecular complexity index is 624. The van der Waals surface area contributed by atoms with E-state index in [0.717, 1.165) is 12.1 Å². The van der Waals surface area contributed by atoms with Crippen molar-refractivity contribution in [2.75, 3.05) is 0 Å². The van der Waals surface area contributed by atoms with Gasteiger partial charge >= 0.3 is 6.18 Å². The molecule has 0 aliphatic heterocycles. The van der Waals surface area contributed by atoms with E-state index >= 15 is 0 Å². The molecule has 1 aromatic heterocycles. The average Bonchev–Trinajstić information content (AvgIpc) is 2.41. The number of nitrogens with zero attached hydrogens (tertiary/aromatic N) is 2. The summed E-state index contributed by atoms with van der Waals surface area (Å²) in [4.78, 5) is 0. The lowest BCUT2D eigenvalue weighted by Gasteiger charge is -2.14. The standard InChI is InChI=1S/C15H15F3N2O/c1-9-7-13(10(2)20-19-9)14(21)8-11-3-5-12(6-4-11)15(16,17)18/h3-7,14,21H,8H2,1-2H3. The molecule has 0 radical (unpaired) electrons. The van der Waals surface area contributed by atoms with Crippen molar-refractivity contribution in [2.45, 2.75) is 32.5 Å². The number of aromatic nitrogens is 2. The van der Waals surface area contributed by atoms with Gasteiger partial charge in [-0.25, -0.2) is 0 Å². The molecular formula is C15H15F3N2O. The van der Waals surface area contributed by atoms with E-state index in [-0.39, 0.29) is 6.42 Å². The van der Waals surface area contributed by atoms with Crippen LogP contribution >= 0.6 is 0 Å². The number of aryl methyl sites for hydroxylation is 2. The fourth-order valence-corrected chi connectivity index (χ4v) is 2.07. The van der Waals surface area contributed by atoms with Crippen LogP contribution in [0.2, 0.25) is 0 Å². The lowest BCUT2D eigenvalue weighted by molar-refractivity contribution is -0.137. The van der Waals surface area contributed by atoms with Crippen LogP contribution in [0.4, 0.5) is 13.2 Å². The van der Waals surface area contributed by atoms with Crippen molar-refractivity contribution in [2.24, 2.45) is 0 Å². The van der Waals surface area contributed by atoms with E-state index in [4.69, 9.17) is 0 Å². The molecule has 1 heterocycles. The van der Waals surface area contributed by atoms with Crippen molar-refractivity contribution in [1.82, 2.24) is 10.2 Å². The van der Waals surface area contributed by atoms with Crippen molar-refractivity contribution >= 4 is 0 Å². The van der Waals surface area contributed by atoms with Crippen molar-refractivity contribution in [3.63, 3.8) is 0 Å². The van der Waals surface area contributed by atoms with E-state index in [0.29, 0.717) is 22.5 Å². The zero-order valence-corrected chi connectivity index (χ0v) is 11.6. The van der Waals surface area contributed by atoms with Crippen molar-refractivity contribution in [3.05, 3.63) is 58.4 Å². The SMILES string of the molecule is Cc1cc(C(O)Cc2ccc(C(F)(F)F)cc2)c(C)nn1. The van der Waals surface area contributed by atoms with Crippen LogP contribution in [-0.4, -0.2) is 15.3 Å². The average molecular weight is 296 g/mol. The Hall–Kier alpha value is -1.95. The highest BCUT2D eigenvalue weighted by Crippen LogP contribution is 2.30. The molecule has 0 saturated carbocycles. The number of aliphatic hydroxyl groups is 1. The first-order chi connectivity index (χ1) is 9.77. The summed E-state index contributed by atoms with van der Waals surface area (Å²) in [7, 11) is 0. The molecule has 0 fully saturated rings. The first-order valence-electron chi connectivity index (χ1n) is 6.42. The Balaban J connectivity index is 2.16. The number of aliphatic hydroxyl groups excluding tert-OH is 1. The predicted octanol–water partition coefficient (Wildman–Crippen LogP) is 3.39. The van der Waals surface area contributed by atoms with Crippen LogP contribution in [0.5, 0.6) is 0 Å². The Labute approximate surface area is 120 Å². The van der Waals surface area contributed by atoms with Crippen LogP contribution in [0.15, 0.2) is 30.3 Å². The van der Waals surface area contributed by atoms with Crippen LogP contribution in [0, 0.1) is 13.8 Å². The Morgan fingerprint density at radius 3 is 2.29 bits per heavy atom. The van der Waals surface area contributed by atoms with Crippen molar-refractivity contribution < 1.29 is 18.3 Å². The highest BCUT2D eigenvalue weighted by molar-refractivity contribution is 5.28. The molecule has 2 rings (SSSR count). The first-order valence-corrected chi connectivity index (χ1v) is 6.42. The summed E-state index contributed by atoms with van der Waals surface area (Å²) in [6, 6.07) is 6.53. The second-order valence-electron chi connectivity index (χ2n) is 4.94. The second-order valence-corrected chi connectivity index (χ2v) is 4.94. The maximum atomic E-state index is 12.5. The molecule has 1 unspecified atom stereocenters. The lowest BCUT2D eigenvalue weighted by atomic mass is 9.99. The summed E-state index contributed by atoms with van der Waals surface area (Å²) >= 11 is 0. The molecule has 1 aromatic carbocycles. The number of hydrogen-bond donors (Lipinski definition) is 1. The summed E-state index contributed by atoms with van der Waals surface area (Å²) in [6.45, 7) is 3.50. The molecule has 0 amide bonds. The minimum absolute atomic E-state index is 0.226. The molecule has 1 atom stereocenters. The molecule has 112 valence electrons. The molecule has 1 N–H and O–H groups in total. The van der Waals surface area contributed by atoms with Crippen LogP contribution in [0.1, 0.15) is 34.2 Å². The molecule has 0 aliphatic carbocycles. The summed E-state index contributed by atoms with van der Waals surface area (Å²) in [5, 5.41) is 18.0. The third-order valence-corrected chi connectivity index (χ3v) is 3.21. The van der Waals surface area contributed by atoms with Gasteiger partial charge in [0.05, 0.1) is 23.1 Å². The molecule has 3 nitrogen and oxygen atoms in total. The summed E-state index contributed by atoms with van der Waals surface area (Å²) < 4.78 is 37.4. The van der Waals surface area contributed by atoms with Crippen LogP contribution in [0.25, 0.3) is 0 Å². The quantitative estimate of drug-likeness (QED) is 0.944. The highest BCUT2D eigenvalue weighted by atomic mass is 19.4. The van der Waals surface area contributed by atoms with Crippen molar-refractivity contribution in [1.29, 1.82) is 0 Å². The van der Waals surface area contributed by atoms with Gasteiger partial charge in [-0.3, -0.25) is 0 Å². The summed E-state index contributed by atoms with van der Waals surface area (Å²) in [5.41, 5.74) is 1.87. The predicted molar refractivity (Wildman–Crippen MR) is 71.6 cm³/mol. The topological polar surface area (TPSA) is 46.0 Å². The number of alkyl halides is 3. The normalized spacial score (nSPS) is 13.2. The Morgan fingerprint density at radius 1 is 1.10 bits per heavy atom. The molecule has 21 heavy (non-hydrogen) atoms. The van der Waals surface area contributed by atoms with Gasteiger partial charge in [-0.2, -0.15) is 23.4 Å². The fourth-order valence-electron chi connectivity index (χ4n) is 2.07. The summed E-state index contributed by atoms with van der Waals surface area (Å²) in [6.07, 6.45) is -4.94. The highest BCUT2D eigenvalue weighted by Gasteiger charge is 2.30. The largest absolute Gasteiger partial charge is 0.416 e. The Kier molecular flexibility index (Phi) is 4.27. The minimum Gasteiger partial charge on any atom is -0.388 e. The van der Waals surface area contributed by atoms with E-state index in [1.54, 1.807) is 19.9 Å². The molecule has 0 saturated heterocycles. The molecule has 2 aromatic rings. The van der Waals surface area contributed by atoms with Gasteiger partial charge in [0.25, 0.3) is 0 Å². The molecule has 6 heteroatoms. The Morgan fingerprint density at radius 2 is 1.71 bits per heavy atom. The van der Waals surface area contributed by atoms with Crippen LogP contribution in [0.3, 0.4) is 0 Å². The monoisotopic (exact) mass is 296 g/mol.